The first-order chi connectivity index (χ1) is 6.98. The first-order valence-electron chi connectivity index (χ1n) is 5.72. The average molecular weight is 210 g/mol. The lowest BCUT2D eigenvalue weighted by atomic mass is 9.68. The fourth-order valence-corrected chi connectivity index (χ4v) is 2.95. The Morgan fingerprint density at radius 3 is 2.60 bits per heavy atom. The summed E-state index contributed by atoms with van der Waals surface area (Å²) in [5.41, 5.74) is 0.314. The second-order valence-corrected chi connectivity index (χ2v) is 5.62. The maximum absolute atomic E-state index is 11.5. The van der Waals surface area contributed by atoms with Crippen LogP contribution in [0.4, 0.5) is 0 Å². The van der Waals surface area contributed by atoms with Crippen LogP contribution in [0.2, 0.25) is 0 Å². The lowest BCUT2D eigenvalue weighted by molar-refractivity contribution is -0.153. The van der Waals surface area contributed by atoms with Crippen LogP contribution in [0.15, 0.2) is 0 Å². The Hall–Kier alpha value is -0.860. The van der Waals surface area contributed by atoms with Gasteiger partial charge in [-0.1, -0.05) is 20.3 Å². The number of ether oxygens (including phenoxy) is 1. The van der Waals surface area contributed by atoms with Crippen molar-refractivity contribution in [2.75, 3.05) is 0 Å². The zero-order valence-corrected chi connectivity index (χ0v) is 9.41. The van der Waals surface area contributed by atoms with Crippen LogP contribution in [0.3, 0.4) is 0 Å². The molecule has 1 heterocycles. The van der Waals surface area contributed by atoms with Crippen LogP contribution in [0, 0.1) is 17.3 Å². The van der Waals surface area contributed by atoms with E-state index in [1.807, 2.05) is 0 Å². The van der Waals surface area contributed by atoms with Crippen molar-refractivity contribution in [1.29, 1.82) is 0 Å². The number of hydrogen-bond donors (Lipinski definition) is 0. The first-order valence-corrected chi connectivity index (χ1v) is 5.72. The van der Waals surface area contributed by atoms with E-state index in [9.17, 15) is 9.59 Å². The minimum Gasteiger partial charge on any atom is -0.393 e. The van der Waals surface area contributed by atoms with Gasteiger partial charge in [-0.05, 0) is 30.6 Å². The van der Waals surface area contributed by atoms with Gasteiger partial charge in [0, 0.05) is 0 Å². The van der Waals surface area contributed by atoms with Crippen molar-refractivity contribution in [3.8, 4) is 0 Å². The molecule has 1 aliphatic heterocycles. The molecule has 0 bridgehead atoms. The van der Waals surface area contributed by atoms with Crippen molar-refractivity contribution < 1.29 is 14.3 Å². The van der Waals surface area contributed by atoms with E-state index >= 15 is 0 Å². The van der Waals surface area contributed by atoms with E-state index in [-0.39, 0.29) is 17.9 Å². The van der Waals surface area contributed by atoms with Gasteiger partial charge in [0.05, 0.1) is 12.3 Å². The number of carbonyl (C=O) groups excluding carboxylic acids is 2. The Morgan fingerprint density at radius 2 is 2.07 bits per heavy atom. The van der Waals surface area contributed by atoms with Crippen LogP contribution in [0.1, 0.15) is 46.0 Å². The van der Waals surface area contributed by atoms with Gasteiger partial charge in [-0.2, -0.15) is 0 Å². The number of hydrogen-bond acceptors (Lipinski definition) is 3. The summed E-state index contributed by atoms with van der Waals surface area (Å²) in [6, 6.07) is 0. The molecule has 1 aliphatic carbocycles. The molecule has 0 N–H and O–H groups in total. The smallest absolute Gasteiger partial charge is 0.317 e. The number of cyclic esters (lactones) is 2. The molecule has 2 rings (SSSR count). The fourth-order valence-electron chi connectivity index (χ4n) is 2.95. The predicted molar refractivity (Wildman–Crippen MR) is 54.9 cm³/mol. The van der Waals surface area contributed by atoms with Crippen molar-refractivity contribution >= 4 is 11.9 Å². The van der Waals surface area contributed by atoms with Crippen LogP contribution in [0.5, 0.6) is 0 Å². The van der Waals surface area contributed by atoms with Gasteiger partial charge in [0.2, 0.25) is 0 Å². The van der Waals surface area contributed by atoms with Crippen LogP contribution in [0.25, 0.3) is 0 Å². The Balaban J connectivity index is 2.04. The van der Waals surface area contributed by atoms with E-state index in [4.69, 9.17) is 0 Å². The molecule has 2 unspecified atom stereocenters. The first kappa shape index (κ1) is 10.7. The highest BCUT2D eigenvalue weighted by Crippen LogP contribution is 2.43. The second kappa shape index (κ2) is 3.62. The van der Waals surface area contributed by atoms with Crippen LogP contribution >= 0.6 is 0 Å². The Bertz CT molecular complexity index is 293. The molecule has 0 aromatic rings. The topological polar surface area (TPSA) is 43.4 Å². The molecule has 3 nitrogen and oxygen atoms in total. The summed E-state index contributed by atoms with van der Waals surface area (Å²) in [6.07, 6.45) is 4.80. The monoisotopic (exact) mass is 210 g/mol. The largest absolute Gasteiger partial charge is 0.393 e. The molecule has 2 aliphatic rings. The highest BCUT2D eigenvalue weighted by molar-refractivity contribution is 5.94. The molecule has 84 valence electrons. The Kier molecular flexibility index (Phi) is 2.57. The zero-order valence-electron chi connectivity index (χ0n) is 9.41. The van der Waals surface area contributed by atoms with Gasteiger partial charge in [0.15, 0.2) is 0 Å². The highest BCUT2D eigenvalue weighted by atomic mass is 16.6. The summed E-state index contributed by atoms with van der Waals surface area (Å²) in [5.74, 6) is -0.430. The maximum Gasteiger partial charge on any atom is 0.317 e. The summed E-state index contributed by atoms with van der Waals surface area (Å²) < 4.78 is 4.62. The molecule has 2 fully saturated rings. The van der Waals surface area contributed by atoms with Crippen molar-refractivity contribution in [3.05, 3.63) is 0 Å². The van der Waals surface area contributed by atoms with Gasteiger partial charge in [0.25, 0.3) is 0 Å². The summed E-state index contributed by atoms with van der Waals surface area (Å²) in [7, 11) is 0. The molecule has 3 heteroatoms. The van der Waals surface area contributed by atoms with E-state index in [0.29, 0.717) is 17.8 Å². The maximum atomic E-state index is 11.5. The van der Waals surface area contributed by atoms with E-state index < -0.39 is 0 Å². The van der Waals surface area contributed by atoms with Crippen LogP contribution in [-0.2, 0) is 14.3 Å². The molecule has 15 heavy (non-hydrogen) atoms. The van der Waals surface area contributed by atoms with E-state index in [1.54, 1.807) is 0 Å². The van der Waals surface area contributed by atoms with Gasteiger partial charge in [-0.3, -0.25) is 9.59 Å². The van der Waals surface area contributed by atoms with E-state index in [0.717, 1.165) is 19.3 Å². The van der Waals surface area contributed by atoms with Gasteiger partial charge in [-0.25, -0.2) is 0 Å². The minimum atomic E-state index is -0.339. The second-order valence-electron chi connectivity index (χ2n) is 5.62. The summed E-state index contributed by atoms with van der Waals surface area (Å²) >= 11 is 0. The average Bonchev–Trinajstić information content (AvgIpc) is 2.43. The van der Waals surface area contributed by atoms with Crippen molar-refractivity contribution in [3.63, 3.8) is 0 Å². The minimum absolute atomic E-state index is 0.155. The van der Waals surface area contributed by atoms with Gasteiger partial charge < -0.3 is 4.74 Å². The highest BCUT2D eigenvalue weighted by Gasteiger charge is 2.42. The molecule has 0 aromatic carbocycles. The van der Waals surface area contributed by atoms with Crippen molar-refractivity contribution in [2.24, 2.45) is 17.3 Å². The quantitative estimate of drug-likeness (QED) is 0.492. The SMILES string of the molecule is CC1(C)CCCC(C2CC(=O)OC2=O)C1. The summed E-state index contributed by atoms with van der Waals surface area (Å²) in [6.45, 7) is 4.47. The molecule has 0 spiro atoms. The fraction of sp³-hybridized carbons (Fsp3) is 0.833. The third kappa shape index (κ3) is 2.21. The third-order valence-corrected chi connectivity index (χ3v) is 3.72. The molecule has 0 radical (unpaired) electrons. The lowest BCUT2D eigenvalue weighted by Crippen LogP contribution is -2.29. The third-order valence-electron chi connectivity index (χ3n) is 3.72. The Morgan fingerprint density at radius 1 is 1.33 bits per heavy atom. The summed E-state index contributed by atoms with van der Waals surface area (Å²) in [4.78, 5) is 22.5. The molecule has 1 saturated heterocycles. The normalized spacial score (nSPS) is 35.3. The summed E-state index contributed by atoms with van der Waals surface area (Å²) in [5, 5.41) is 0. The van der Waals surface area contributed by atoms with Crippen LogP contribution in [-0.4, -0.2) is 11.9 Å². The molecular weight excluding hydrogens is 192 g/mol. The predicted octanol–water partition coefficient (Wildman–Crippen LogP) is 2.29. The van der Waals surface area contributed by atoms with Crippen LogP contribution < -0.4 is 0 Å². The standard InChI is InChI=1S/C12H18O3/c1-12(2)5-3-4-8(7-12)9-6-10(13)15-11(9)14/h8-9H,3-7H2,1-2H3. The molecular formula is C12H18O3. The van der Waals surface area contributed by atoms with Crippen molar-refractivity contribution in [2.45, 2.75) is 46.0 Å². The van der Waals surface area contributed by atoms with Gasteiger partial charge in [-0.15, -0.1) is 0 Å². The number of carbonyl (C=O) groups is 2. The Labute approximate surface area is 90.2 Å². The molecule has 1 saturated carbocycles. The molecule has 2 atom stereocenters. The lowest BCUT2D eigenvalue weighted by Gasteiger charge is -2.36. The molecule has 0 amide bonds. The zero-order chi connectivity index (χ0) is 11.1. The molecule has 0 aromatic heterocycles. The van der Waals surface area contributed by atoms with Gasteiger partial charge in [0.1, 0.15) is 0 Å². The number of esters is 2. The van der Waals surface area contributed by atoms with E-state index in [2.05, 4.69) is 18.6 Å². The van der Waals surface area contributed by atoms with Gasteiger partial charge >= 0.3 is 11.9 Å². The van der Waals surface area contributed by atoms with E-state index in [1.165, 1.54) is 6.42 Å². The van der Waals surface area contributed by atoms with Crippen molar-refractivity contribution in [1.82, 2.24) is 0 Å². The number of rotatable bonds is 1.